The van der Waals surface area contributed by atoms with Crippen molar-refractivity contribution in [2.24, 2.45) is 0 Å². The van der Waals surface area contributed by atoms with Gasteiger partial charge in [0, 0.05) is 5.69 Å². The van der Waals surface area contributed by atoms with Gasteiger partial charge in [-0.2, -0.15) is 13.2 Å². The molecule has 5 nitrogen and oxygen atoms in total. The number of sulfone groups is 1. The van der Waals surface area contributed by atoms with Crippen LogP contribution in [0.5, 0.6) is 0 Å². The van der Waals surface area contributed by atoms with Gasteiger partial charge in [-0.3, -0.25) is 0 Å². The van der Waals surface area contributed by atoms with Crippen LogP contribution in [0.3, 0.4) is 0 Å². The summed E-state index contributed by atoms with van der Waals surface area (Å²) in [4.78, 5) is 12.2. The maximum absolute atomic E-state index is 12.8. The van der Waals surface area contributed by atoms with Crippen LogP contribution in [0, 0.1) is 0 Å². The van der Waals surface area contributed by atoms with E-state index in [0.717, 1.165) is 12.1 Å². The predicted octanol–water partition coefficient (Wildman–Crippen LogP) is 4.38. The molecule has 0 saturated heterocycles. The smallest absolute Gasteiger partial charge is 0.331 e. The van der Waals surface area contributed by atoms with E-state index in [9.17, 15) is 26.4 Å². The van der Waals surface area contributed by atoms with Crippen LogP contribution in [0.15, 0.2) is 53.4 Å². The van der Waals surface area contributed by atoms with E-state index in [1.54, 1.807) is 6.92 Å². The van der Waals surface area contributed by atoms with Gasteiger partial charge in [0.2, 0.25) is 0 Å². The van der Waals surface area contributed by atoms with Gasteiger partial charge in [-0.15, -0.1) is 0 Å². The van der Waals surface area contributed by atoms with E-state index in [2.05, 4.69) is 10.6 Å². The first-order chi connectivity index (χ1) is 12.5. The lowest BCUT2D eigenvalue weighted by molar-refractivity contribution is -0.137. The SMILES string of the molecule is CCS(=O)(=O)c1cccc(NC(=O)NC(C)c2cccc(C(F)(F)F)c2)c1. The van der Waals surface area contributed by atoms with E-state index < -0.39 is 33.6 Å². The number of amides is 2. The van der Waals surface area contributed by atoms with Crippen LogP contribution in [0.25, 0.3) is 0 Å². The van der Waals surface area contributed by atoms with Crippen molar-refractivity contribution in [1.29, 1.82) is 0 Å². The van der Waals surface area contributed by atoms with Crippen molar-refractivity contribution < 1.29 is 26.4 Å². The molecule has 1 unspecified atom stereocenters. The van der Waals surface area contributed by atoms with Crippen molar-refractivity contribution in [3.8, 4) is 0 Å². The summed E-state index contributed by atoms with van der Waals surface area (Å²) < 4.78 is 62.2. The Balaban J connectivity index is 2.09. The van der Waals surface area contributed by atoms with Gasteiger partial charge < -0.3 is 10.6 Å². The molecular weight excluding hydrogens is 381 g/mol. The quantitative estimate of drug-likeness (QED) is 0.782. The van der Waals surface area contributed by atoms with Gasteiger partial charge >= 0.3 is 12.2 Å². The van der Waals surface area contributed by atoms with Gasteiger partial charge in [-0.1, -0.05) is 25.1 Å². The number of hydrogen-bond donors (Lipinski definition) is 2. The molecule has 2 rings (SSSR count). The minimum absolute atomic E-state index is 0.0742. The Labute approximate surface area is 155 Å². The topological polar surface area (TPSA) is 75.3 Å². The number of alkyl halides is 3. The second kappa shape index (κ2) is 7.99. The van der Waals surface area contributed by atoms with E-state index in [1.165, 1.54) is 43.3 Å². The maximum Gasteiger partial charge on any atom is 0.416 e. The average molecular weight is 400 g/mol. The molecule has 0 bridgehead atoms. The number of halogens is 3. The van der Waals surface area contributed by atoms with Crippen molar-refractivity contribution in [2.45, 2.75) is 31.0 Å². The van der Waals surface area contributed by atoms with Crippen LogP contribution in [0.1, 0.15) is 31.0 Å². The lowest BCUT2D eigenvalue weighted by Gasteiger charge is -2.17. The maximum atomic E-state index is 12.8. The molecule has 0 aromatic heterocycles. The summed E-state index contributed by atoms with van der Waals surface area (Å²) in [7, 11) is -3.42. The summed E-state index contributed by atoms with van der Waals surface area (Å²) in [6, 6.07) is 9.09. The number of anilines is 1. The zero-order valence-corrected chi connectivity index (χ0v) is 15.5. The molecule has 0 radical (unpaired) electrons. The molecule has 9 heteroatoms. The standard InChI is InChI=1S/C18H19F3N2O3S/c1-3-27(25,26)16-9-5-8-15(11-16)23-17(24)22-12(2)13-6-4-7-14(10-13)18(19,20)21/h4-12H,3H2,1-2H3,(H2,22,23,24). The first-order valence-electron chi connectivity index (χ1n) is 8.10. The zero-order chi connectivity index (χ0) is 20.2. The van der Waals surface area contributed by atoms with Gasteiger partial charge in [-0.05, 0) is 42.8 Å². The van der Waals surface area contributed by atoms with Crippen LogP contribution in [0.2, 0.25) is 0 Å². The highest BCUT2D eigenvalue weighted by molar-refractivity contribution is 7.91. The summed E-state index contributed by atoms with van der Waals surface area (Å²) in [6.07, 6.45) is -4.47. The lowest BCUT2D eigenvalue weighted by atomic mass is 10.1. The van der Waals surface area contributed by atoms with Crippen LogP contribution >= 0.6 is 0 Å². The van der Waals surface area contributed by atoms with E-state index in [1.807, 2.05) is 0 Å². The van der Waals surface area contributed by atoms with Gasteiger partial charge in [0.05, 0.1) is 22.3 Å². The summed E-state index contributed by atoms with van der Waals surface area (Å²) in [6.45, 7) is 3.06. The molecule has 0 aliphatic rings. The summed E-state index contributed by atoms with van der Waals surface area (Å²) in [5.41, 5.74) is -0.243. The molecule has 0 heterocycles. The molecule has 146 valence electrons. The largest absolute Gasteiger partial charge is 0.416 e. The third-order valence-electron chi connectivity index (χ3n) is 3.89. The number of carbonyl (C=O) groups excluding carboxylic acids is 1. The van der Waals surface area contributed by atoms with Crippen LogP contribution < -0.4 is 10.6 Å². The second-order valence-electron chi connectivity index (χ2n) is 5.87. The highest BCUT2D eigenvalue weighted by Crippen LogP contribution is 2.30. The number of rotatable bonds is 5. The van der Waals surface area contributed by atoms with Crippen LogP contribution in [0.4, 0.5) is 23.7 Å². The van der Waals surface area contributed by atoms with Gasteiger partial charge in [0.15, 0.2) is 9.84 Å². The zero-order valence-electron chi connectivity index (χ0n) is 14.7. The summed E-state index contributed by atoms with van der Waals surface area (Å²) in [5.74, 6) is -0.0742. The molecule has 0 aliphatic heterocycles. The van der Waals surface area contributed by atoms with Crippen molar-refractivity contribution in [3.05, 3.63) is 59.7 Å². The van der Waals surface area contributed by atoms with Crippen molar-refractivity contribution >= 4 is 21.6 Å². The Hall–Kier alpha value is -2.55. The molecule has 2 amide bonds. The first-order valence-corrected chi connectivity index (χ1v) is 9.75. The summed E-state index contributed by atoms with van der Waals surface area (Å²) >= 11 is 0. The highest BCUT2D eigenvalue weighted by Gasteiger charge is 2.30. The monoisotopic (exact) mass is 400 g/mol. The Morgan fingerprint density at radius 2 is 1.78 bits per heavy atom. The fraction of sp³-hybridized carbons (Fsp3) is 0.278. The molecular formula is C18H19F3N2O3S. The van der Waals surface area contributed by atoms with Gasteiger partial charge in [0.25, 0.3) is 0 Å². The molecule has 2 aromatic carbocycles. The van der Waals surface area contributed by atoms with Crippen molar-refractivity contribution in [3.63, 3.8) is 0 Å². The van der Waals surface area contributed by atoms with Gasteiger partial charge in [0.1, 0.15) is 0 Å². The predicted molar refractivity (Wildman–Crippen MR) is 96.2 cm³/mol. The van der Waals surface area contributed by atoms with Crippen molar-refractivity contribution in [2.75, 3.05) is 11.1 Å². The van der Waals surface area contributed by atoms with E-state index in [4.69, 9.17) is 0 Å². The molecule has 2 N–H and O–H groups in total. The van der Waals surface area contributed by atoms with Crippen LogP contribution in [-0.2, 0) is 16.0 Å². The fourth-order valence-electron chi connectivity index (χ4n) is 2.37. The highest BCUT2D eigenvalue weighted by atomic mass is 32.2. The fourth-order valence-corrected chi connectivity index (χ4v) is 3.29. The van der Waals surface area contributed by atoms with E-state index >= 15 is 0 Å². The normalized spacial score (nSPS) is 13.1. The molecule has 0 aliphatic carbocycles. The Morgan fingerprint density at radius 3 is 2.41 bits per heavy atom. The molecule has 1 atom stereocenters. The van der Waals surface area contributed by atoms with Crippen molar-refractivity contribution in [1.82, 2.24) is 5.32 Å². The molecule has 0 saturated carbocycles. The molecule has 27 heavy (non-hydrogen) atoms. The number of nitrogens with one attached hydrogen (secondary N) is 2. The lowest BCUT2D eigenvalue weighted by Crippen LogP contribution is -2.31. The Bertz CT molecular complexity index is 927. The second-order valence-corrected chi connectivity index (χ2v) is 8.15. The number of carbonyl (C=O) groups is 1. The first kappa shape index (κ1) is 20.8. The average Bonchev–Trinajstić information content (AvgIpc) is 2.61. The van der Waals surface area contributed by atoms with E-state index in [-0.39, 0.29) is 16.3 Å². The Morgan fingerprint density at radius 1 is 1.11 bits per heavy atom. The third-order valence-corrected chi connectivity index (χ3v) is 5.62. The third kappa shape index (κ3) is 5.46. The molecule has 2 aromatic rings. The van der Waals surface area contributed by atoms with E-state index in [0.29, 0.717) is 5.56 Å². The number of hydrogen-bond acceptors (Lipinski definition) is 3. The minimum Gasteiger partial charge on any atom is -0.331 e. The molecule has 0 fully saturated rings. The Kier molecular flexibility index (Phi) is 6.15. The number of urea groups is 1. The number of benzene rings is 2. The minimum atomic E-state index is -4.47. The molecule has 0 spiro atoms. The van der Waals surface area contributed by atoms with Gasteiger partial charge in [-0.25, -0.2) is 13.2 Å². The summed E-state index contributed by atoms with van der Waals surface area (Å²) in [5, 5.41) is 5.02. The van der Waals surface area contributed by atoms with Crippen LogP contribution in [-0.4, -0.2) is 20.2 Å².